The van der Waals surface area contributed by atoms with Gasteiger partial charge in [-0.1, -0.05) is 11.6 Å². The molecule has 1 unspecified atom stereocenters. The SMILES string of the molecule is CC(CCn1cccn1)n1cnc2ccc(Cl)cc2c1=O. The first-order valence-electron chi connectivity index (χ1n) is 6.79. The third-order valence-electron chi connectivity index (χ3n) is 3.55. The molecule has 21 heavy (non-hydrogen) atoms. The van der Waals surface area contributed by atoms with Crippen LogP contribution in [-0.4, -0.2) is 19.3 Å². The van der Waals surface area contributed by atoms with Crippen LogP contribution in [0.5, 0.6) is 0 Å². The number of halogens is 1. The number of aryl methyl sites for hydroxylation is 1. The van der Waals surface area contributed by atoms with Gasteiger partial charge in [-0.05, 0) is 37.6 Å². The predicted octanol–water partition coefficient (Wildman–Crippen LogP) is 2.90. The summed E-state index contributed by atoms with van der Waals surface area (Å²) in [5, 5.41) is 5.26. The van der Waals surface area contributed by atoms with Crippen LogP contribution < -0.4 is 5.56 Å². The zero-order valence-electron chi connectivity index (χ0n) is 11.6. The summed E-state index contributed by atoms with van der Waals surface area (Å²) < 4.78 is 3.51. The second kappa shape index (κ2) is 5.69. The Kier molecular flexibility index (Phi) is 3.75. The van der Waals surface area contributed by atoms with Gasteiger partial charge in [0, 0.05) is 30.0 Å². The fraction of sp³-hybridized carbons (Fsp3) is 0.267. The maximum Gasteiger partial charge on any atom is 0.261 e. The zero-order valence-corrected chi connectivity index (χ0v) is 12.4. The van der Waals surface area contributed by atoms with Crippen molar-refractivity contribution < 1.29 is 0 Å². The van der Waals surface area contributed by atoms with Crippen LogP contribution in [-0.2, 0) is 6.54 Å². The highest BCUT2D eigenvalue weighted by Gasteiger charge is 2.10. The molecule has 0 radical (unpaired) electrons. The number of nitrogens with zero attached hydrogens (tertiary/aromatic N) is 4. The minimum Gasteiger partial charge on any atom is -0.296 e. The number of fused-ring (bicyclic) bond motifs is 1. The van der Waals surface area contributed by atoms with Gasteiger partial charge in [-0.15, -0.1) is 0 Å². The Labute approximate surface area is 126 Å². The van der Waals surface area contributed by atoms with Gasteiger partial charge in [-0.25, -0.2) is 4.98 Å². The van der Waals surface area contributed by atoms with Gasteiger partial charge in [-0.2, -0.15) is 5.10 Å². The fourth-order valence-electron chi connectivity index (χ4n) is 2.31. The van der Waals surface area contributed by atoms with E-state index in [9.17, 15) is 4.79 Å². The van der Waals surface area contributed by atoms with Crippen molar-refractivity contribution in [3.05, 3.63) is 58.4 Å². The van der Waals surface area contributed by atoms with Crippen LogP contribution in [0.2, 0.25) is 5.02 Å². The molecule has 2 aromatic heterocycles. The van der Waals surface area contributed by atoms with Gasteiger partial charge in [-0.3, -0.25) is 14.0 Å². The number of rotatable bonds is 4. The third-order valence-corrected chi connectivity index (χ3v) is 3.79. The van der Waals surface area contributed by atoms with Crippen LogP contribution in [0.25, 0.3) is 10.9 Å². The normalized spacial score (nSPS) is 12.7. The molecule has 1 atom stereocenters. The lowest BCUT2D eigenvalue weighted by atomic mass is 10.2. The highest BCUT2D eigenvalue weighted by Crippen LogP contribution is 2.16. The molecule has 0 bridgehead atoms. The molecule has 1 aromatic carbocycles. The van der Waals surface area contributed by atoms with Gasteiger partial charge in [0.2, 0.25) is 0 Å². The van der Waals surface area contributed by atoms with Crippen molar-refractivity contribution in [1.29, 1.82) is 0 Å². The Morgan fingerprint density at radius 2 is 2.24 bits per heavy atom. The molecular formula is C15H15ClN4O. The smallest absolute Gasteiger partial charge is 0.261 e. The summed E-state index contributed by atoms with van der Waals surface area (Å²) in [6.07, 6.45) is 6.06. The summed E-state index contributed by atoms with van der Waals surface area (Å²) in [5.74, 6) is 0. The first kappa shape index (κ1) is 13.8. The lowest BCUT2D eigenvalue weighted by Crippen LogP contribution is -2.24. The second-order valence-corrected chi connectivity index (χ2v) is 5.46. The average molecular weight is 303 g/mol. The van der Waals surface area contributed by atoms with Gasteiger partial charge >= 0.3 is 0 Å². The van der Waals surface area contributed by atoms with Gasteiger partial charge in [0.1, 0.15) is 0 Å². The lowest BCUT2D eigenvalue weighted by molar-refractivity contribution is 0.436. The van der Waals surface area contributed by atoms with Crippen molar-refractivity contribution in [3.8, 4) is 0 Å². The summed E-state index contributed by atoms with van der Waals surface area (Å²) in [6.45, 7) is 2.76. The molecule has 0 amide bonds. The molecule has 5 nitrogen and oxygen atoms in total. The minimum atomic E-state index is -0.0598. The maximum absolute atomic E-state index is 12.5. The molecule has 3 rings (SSSR count). The fourth-order valence-corrected chi connectivity index (χ4v) is 2.49. The van der Waals surface area contributed by atoms with E-state index in [1.54, 1.807) is 35.3 Å². The molecule has 0 saturated heterocycles. The molecule has 0 aliphatic heterocycles. The molecule has 0 aliphatic rings. The van der Waals surface area contributed by atoms with Crippen molar-refractivity contribution >= 4 is 22.5 Å². The molecular weight excluding hydrogens is 288 g/mol. The Morgan fingerprint density at radius 3 is 3.00 bits per heavy atom. The number of hydrogen-bond acceptors (Lipinski definition) is 3. The molecule has 6 heteroatoms. The van der Waals surface area contributed by atoms with E-state index in [0.29, 0.717) is 15.9 Å². The monoisotopic (exact) mass is 302 g/mol. The molecule has 0 aliphatic carbocycles. The van der Waals surface area contributed by atoms with Crippen molar-refractivity contribution in [2.75, 3.05) is 0 Å². The largest absolute Gasteiger partial charge is 0.296 e. The Morgan fingerprint density at radius 1 is 1.38 bits per heavy atom. The summed E-state index contributed by atoms with van der Waals surface area (Å²) in [6, 6.07) is 7.09. The third kappa shape index (κ3) is 2.83. The maximum atomic E-state index is 12.5. The molecule has 0 N–H and O–H groups in total. The van der Waals surface area contributed by atoms with Crippen LogP contribution in [0, 0.1) is 0 Å². The highest BCUT2D eigenvalue weighted by atomic mass is 35.5. The van der Waals surface area contributed by atoms with E-state index in [-0.39, 0.29) is 11.6 Å². The number of benzene rings is 1. The first-order chi connectivity index (χ1) is 10.1. The van der Waals surface area contributed by atoms with E-state index in [4.69, 9.17) is 11.6 Å². The van der Waals surface area contributed by atoms with Crippen molar-refractivity contribution in [2.24, 2.45) is 0 Å². The first-order valence-corrected chi connectivity index (χ1v) is 7.17. The molecule has 0 fully saturated rings. The van der Waals surface area contributed by atoms with E-state index >= 15 is 0 Å². The van der Waals surface area contributed by atoms with Crippen LogP contribution in [0.15, 0.2) is 47.8 Å². The van der Waals surface area contributed by atoms with Gasteiger partial charge < -0.3 is 0 Å². The quantitative estimate of drug-likeness (QED) is 0.744. The molecule has 0 saturated carbocycles. The summed E-state index contributed by atoms with van der Waals surface area (Å²) in [5.41, 5.74) is 0.607. The summed E-state index contributed by atoms with van der Waals surface area (Å²) in [7, 11) is 0. The van der Waals surface area contributed by atoms with E-state index < -0.39 is 0 Å². The molecule has 2 heterocycles. The second-order valence-electron chi connectivity index (χ2n) is 5.03. The van der Waals surface area contributed by atoms with Gasteiger partial charge in [0.05, 0.1) is 17.2 Å². The van der Waals surface area contributed by atoms with E-state index in [0.717, 1.165) is 13.0 Å². The Hall–Kier alpha value is -2.14. The Balaban J connectivity index is 1.89. The van der Waals surface area contributed by atoms with E-state index in [2.05, 4.69) is 10.1 Å². The summed E-state index contributed by atoms with van der Waals surface area (Å²) in [4.78, 5) is 16.9. The molecule has 108 valence electrons. The van der Waals surface area contributed by atoms with Gasteiger partial charge in [0.25, 0.3) is 5.56 Å². The van der Waals surface area contributed by atoms with Gasteiger partial charge in [0.15, 0.2) is 0 Å². The number of hydrogen-bond donors (Lipinski definition) is 0. The van der Waals surface area contributed by atoms with Crippen LogP contribution in [0.1, 0.15) is 19.4 Å². The average Bonchev–Trinajstić information content (AvgIpc) is 2.99. The number of aromatic nitrogens is 4. The summed E-state index contributed by atoms with van der Waals surface area (Å²) >= 11 is 5.96. The lowest BCUT2D eigenvalue weighted by Gasteiger charge is -2.15. The van der Waals surface area contributed by atoms with Crippen LogP contribution in [0.3, 0.4) is 0 Å². The zero-order chi connectivity index (χ0) is 14.8. The van der Waals surface area contributed by atoms with Crippen LogP contribution in [0.4, 0.5) is 0 Å². The van der Waals surface area contributed by atoms with Crippen molar-refractivity contribution in [3.63, 3.8) is 0 Å². The predicted molar refractivity (Wildman–Crippen MR) is 82.6 cm³/mol. The molecule has 3 aromatic rings. The van der Waals surface area contributed by atoms with E-state index in [1.807, 2.05) is 23.9 Å². The standard InChI is InChI=1S/C15H15ClN4O/c1-11(5-8-19-7-2-6-18-19)20-10-17-14-4-3-12(16)9-13(14)15(20)21/h2-4,6-7,9-11H,5,8H2,1H3. The minimum absolute atomic E-state index is 0.0394. The van der Waals surface area contributed by atoms with E-state index in [1.165, 1.54) is 0 Å². The van der Waals surface area contributed by atoms with Crippen LogP contribution >= 0.6 is 11.6 Å². The van der Waals surface area contributed by atoms with Crippen molar-refractivity contribution in [2.45, 2.75) is 25.9 Å². The topological polar surface area (TPSA) is 52.7 Å². The molecule has 0 spiro atoms. The Bertz CT molecular complexity index is 810. The van der Waals surface area contributed by atoms with Crippen molar-refractivity contribution in [1.82, 2.24) is 19.3 Å². The highest BCUT2D eigenvalue weighted by molar-refractivity contribution is 6.31.